The van der Waals surface area contributed by atoms with Crippen LogP contribution in [0.1, 0.15) is 0 Å². The number of fused-ring (bicyclic) bond motifs is 9. The lowest BCUT2D eigenvalue weighted by molar-refractivity contribution is 0.633. The molecular weight excluding hydrogens is 617 g/mol. The lowest BCUT2D eigenvalue weighted by atomic mass is 9.86. The zero-order chi connectivity index (χ0) is 32.1. The Labute approximate surface area is 285 Å². The van der Waals surface area contributed by atoms with Crippen molar-refractivity contribution < 1.29 is 8.83 Å². The zero-order valence-electron chi connectivity index (χ0n) is 26.2. The molecular formula is C46H26O2S. The first kappa shape index (κ1) is 26.9. The molecule has 0 aliphatic carbocycles. The minimum absolute atomic E-state index is 0.847. The second-order valence-corrected chi connectivity index (χ2v) is 13.8. The highest BCUT2D eigenvalue weighted by molar-refractivity contribution is 7.25. The van der Waals surface area contributed by atoms with E-state index in [1.54, 1.807) is 0 Å². The lowest BCUT2D eigenvalue weighted by Crippen LogP contribution is -1.91. The van der Waals surface area contributed by atoms with Crippen LogP contribution in [-0.4, -0.2) is 0 Å². The first-order valence-corrected chi connectivity index (χ1v) is 17.4. The van der Waals surface area contributed by atoms with E-state index in [0.717, 1.165) is 66.1 Å². The zero-order valence-corrected chi connectivity index (χ0v) is 27.1. The van der Waals surface area contributed by atoms with Gasteiger partial charge in [-0.05, 0) is 74.6 Å². The summed E-state index contributed by atoms with van der Waals surface area (Å²) >= 11 is 1.86. The SMILES string of the molecule is c1ccc(-c2c(-c3c4ccccc4c(-c4ccc5sc6ccccc6c5c4)c4ccccc34)oc3cc4c(cc23)oc2ccccc24)cc1. The van der Waals surface area contributed by atoms with Gasteiger partial charge in [-0.15, -0.1) is 11.3 Å². The highest BCUT2D eigenvalue weighted by atomic mass is 32.1. The molecule has 0 aliphatic rings. The van der Waals surface area contributed by atoms with Gasteiger partial charge in [-0.1, -0.05) is 121 Å². The van der Waals surface area contributed by atoms with Crippen LogP contribution in [0.4, 0.5) is 0 Å². The molecule has 0 spiro atoms. The van der Waals surface area contributed by atoms with E-state index in [1.807, 2.05) is 23.5 Å². The van der Waals surface area contributed by atoms with Crippen molar-refractivity contribution in [3.63, 3.8) is 0 Å². The number of furan rings is 2. The Balaban J connectivity index is 1.26. The van der Waals surface area contributed by atoms with E-state index in [9.17, 15) is 0 Å². The number of benzene rings is 8. The van der Waals surface area contributed by atoms with Crippen LogP contribution in [0.15, 0.2) is 167 Å². The Kier molecular flexibility index (Phi) is 5.57. The Morgan fingerprint density at radius 2 is 0.878 bits per heavy atom. The molecule has 0 bridgehead atoms. The Hall–Kier alpha value is -6.16. The van der Waals surface area contributed by atoms with Crippen molar-refractivity contribution in [1.82, 2.24) is 0 Å². The maximum absolute atomic E-state index is 7.08. The van der Waals surface area contributed by atoms with Crippen molar-refractivity contribution in [3.8, 4) is 33.6 Å². The van der Waals surface area contributed by atoms with Crippen LogP contribution in [0, 0.1) is 0 Å². The van der Waals surface area contributed by atoms with Crippen molar-refractivity contribution >= 4 is 86.0 Å². The highest BCUT2D eigenvalue weighted by Gasteiger charge is 2.25. The average molecular weight is 643 g/mol. The van der Waals surface area contributed by atoms with Gasteiger partial charge >= 0.3 is 0 Å². The van der Waals surface area contributed by atoms with Gasteiger partial charge in [-0.2, -0.15) is 0 Å². The first-order chi connectivity index (χ1) is 24.3. The molecule has 2 nitrogen and oxygen atoms in total. The molecule has 3 aromatic heterocycles. The third-order valence-electron chi connectivity index (χ3n) is 10.1. The van der Waals surface area contributed by atoms with Gasteiger partial charge in [-0.3, -0.25) is 0 Å². The molecule has 0 radical (unpaired) electrons. The van der Waals surface area contributed by atoms with Crippen LogP contribution in [0.5, 0.6) is 0 Å². The van der Waals surface area contributed by atoms with Gasteiger partial charge in [0.05, 0.1) is 0 Å². The van der Waals surface area contributed by atoms with Gasteiger partial charge in [0.25, 0.3) is 0 Å². The molecule has 11 aromatic rings. The van der Waals surface area contributed by atoms with Gasteiger partial charge < -0.3 is 8.83 Å². The highest BCUT2D eigenvalue weighted by Crippen LogP contribution is 2.50. The third-order valence-corrected chi connectivity index (χ3v) is 11.2. The third kappa shape index (κ3) is 3.88. The molecule has 0 amide bonds. The minimum Gasteiger partial charge on any atom is -0.456 e. The second-order valence-electron chi connectivity index (χ2n) is 12.8. The van der Waals surface area contributed by atoms with Crippen molar-refractivity contribution in [2.75, 3.05) is 0 Å². The van der Waals surface area contributed by atoms with Gasteiger partial charge in [0, 0.05) is 47.5 Å². The predicted octanol–water partition coefficient (Wildman–Crippen LogP) is 14.0. The predicted molar refractivity (Wildman–Crippen MR) is 208 cm³/mol. The maximum atomic E-state index is 7.08. The molecule has 0 N–H and O–H groups in total. The van der Waals surface area contributed by atoms with E-state index in [0.29, 0.717) is 0 Å². The molecule has 49 heavy (non-hydrogen) atoms. The topological polar surface area (TPSA) is 26.3 Å². The summed E-state index contributed by atoms with van der Waals surface area (Å²) in [7, 11) is 0. The number of para-hydroxylation sites is 1. The number of thiophene rings is 1. The summed E-state index contributed by atoms with van der Waals surface area (Å²) < 4.78 is 16.1. The van der Waals surface area contributed by atoms with Crippen LogP contribution in [0.3, 0.4) is 0 Å². The van der Waals surface area contributed by atoms with Crippen molar-refractivity contribution in [2.24, 2.45) is 0 Å². The van der Waals surface area contributed by atoms with E-state index >= 15 is 0 Å². The monoisotopic (exact) mass is 642 g/mol. The molecule has 0 fully saturated rings. The summed E-state index contributed by atoms with van der Waals surface area (Å²) in [5, 5.41) is 10.5. The van der Waals surface area contributed by atoms with E-state index in [1.165, 1.54) is 42.1 Å². The van der Waals surface area contributed by atoms with Crippen molar-refractivity contribution in [1.29, 1.82) is 0 Å². The molecule has 228 valence electrons. The Bertz CT molecular complexity index is 3050. The molecule has 0 aliphatic heterocycles. The van der Waals surface area contributed by atoms with Crippen LogP contribution < -0.4 is 0 Å². The van der Waals surface area contributed by atoms with E-state index < -0.39 is 0 Å². The summed E-state index contributed by atoms with van der Waals surface area (Å²) in [6, 6.07) is 56.5. The summed E-state index contributed by atoms with van der Waals surface area (Å²) in [6.07, 6.45) is 0. The minimum atomic E-state index is 0.847. The van der Waals surface area contributed by atoms with Gasteiger partial charge in [-0.25, -0.2) is 0 Å². The molecule has 0 saturated carbocycles. The molecule has 3 heterocycles. The summed E-state index contributed by atoms with van der Waals surface area (Å²) in [5.41, 5.74) is 8.34. The fourth-order valence-electron chi connectivity index (χ4n) is 7.95. The molecule has 0 saturated heterocycles. The van der Waals surface area contributed by atoms with Crippen molar-refractivity contribution in [2.45, 2.75) is 0 Å². The molecule has 3 heteroatoms. The lowest BCUT2D eigenvalue weighted by Gasteiger charge is -2.17. The molecule has 8 aromatic carbocycles. The Morgan fingerprint density at radius 3 is 1.63 bits per heavy atom. The van der Waals surface area contributed by atoms with Crippen LogP contribution in [0.25, 0.3) is 108 Å². The standard InChI is InChI=1S/C46H26O2S/c1-2-12-27(13-3-1)44-37-26-39-35(29-14-8-10-20-38(29)47-39)25-40(37)48-46(44)45-33-18-6-4-16-31(33)43(32-17-5-7-19-34(32)45)28-22-23-42-36(24-28)30-15-9-11-21-41(30)49-42/h1-26H. The van der Waals surface area contributed by atoms with E-state index in [4.69, 9.17) is 8.83 Å². The number of hydrogen-bond acceptors (Lipinski definition) is 3. The number of hydrogen-bond donors (Lipinski definition) is 0. The maximum Gasteiger partial charge on any atom is 0.144 e. The van der Waals surface area contributed by atoms with Gasteiger partial charge in [0.15, 0.2) is 0 Å². The summed E-state index contributed by atoms with van der Waals surface area (Å²) in [4.78, 5) is 0. The second kappa shape index (κ2) is 10.2. The van der Waals surface area contributed by atoms with Crippen LogP contribution in [-0.2, 0) is 0 Å². The van der Waals surface area contributed by atoms with E-state index in [-0.39, 0.29) is 0 Å². The van der Waals surface area contributed by atoms with E-state index in [2.05, 4.69) is 146 Å². The largest absolute Gasteiger partial charge is 0.456 e. The quantitative estimate of drug-likeness (QED) is 0.179. The fourth-order valence-corrected chi connectivity index (χ4v) is 9.03. The summed E-state index contributed by atoms with van der Waals surface area (Å²) in [5.74, 6) is 0.872. The van der Waals surface area contributed by atoms with Crippen molar-refractivity contribution in [3.05, 3.63) is 158 Å². The first-order valence-electron chi connectivity index (χ1n) is 16.6. The smallest absolute Gasteiger partial charge is 0.144 e. The number of rotatable bonds is 3. The van der Waals surface area contributed by atoms with Gasteiger partial charge in [0.2, 0.25) is 0 Å². The van der Waals surface area contributed by atoms with Crippen LogP contribution >= 0.6 is 11.3 Å². The summed E-state index contributed by atoms with van der Waals surface area (Å²) in [6.45, 7) is 0. The average Bonchev–Trinajstić information content (AvgIpc) is 3.83. The van der Waals surface area contributed by atoms with Gasteiger partial charge in [0.1, 0.15) is 22.5 Å². The molecule has 0 unspecified atom stereocenters. The normalized spacial score (nSPS) is 12.1. The van der Waals surface area contributed by atoms with Crippen LogP contribution in [0.2, 0.25) is 0 Å². The Morgan fingerprint density at radius 1 is 0.306 bits per heavy atom. The fraction of sp³-hybridized carbons (Fsp3) is 0. The molecule has 11 rings (SSSR count). The molecule has 0 atom stereocenters.